The minimum Gasteiger partial charge on any atom is -0.390 e. The standard InChI is InChI=1S/C11H17NO4S/c1-17(15,16)10-5-3-2-4-8(10)11(14)9(13)6-7-12/h2-5,9,11,13-14H,6-7,12H2,1H3. The highest BCUT2D eigenvalue weighted by atomic mass is 32.2. The largest absolute Gasteiger partial charge is 0.390 e. The summed E-state index contributed by atoms with van der Waals surface area (Å²) < 4.78 is 23.0. The Balaban J connectivity index is 3.14. The van der Waals surface area contributed by atoms with Crippen molar-refractivity contribution in [1.82, 2.24) is 0 Å². The lowest BCUT2D eigenvalue weighted by atomic mass is 10.0. The van der Waals surface area contributed by atoms with E-state index in [1.807, 2.05) is 0 Å². The Bertz CT molecular complexity index is 472. The summed E-state index contributed by atoms with van der Waals surface area (Å²) >= 11 is 0. The summed E-state index contributed by atoms with van der Waals surface area (Å²) in [5.74, 6) is 0. The third-order valence-electron chi connectivity index (χ3n) is 2.46. The quantitative estimate of drug-likeness (QED) is 0.682. The second-order valence-corrected chi connectivity index (χ2v) is 5.88. The van der Waals surface area contributed by atoms with E-state index in [0.29, 0.717) is 0 Å². The first-order valence-corrected chi connectivity index (χ1v) is 7.12. The van der Waals surface area contributed by atoms with Crippen LogP contribution >= 0.6 is 0 Å². The molecule has 0 heterocycles. The zero-order valence-corrected chi connectivity index (χ0v) is 10.4. The lowest BCUT2D eigenvalue weighted by Gasteiger charge is -2.19. The van der Waals surface area contributed by atoms with Crippen molar-refractivity contribution < 1.29 is 18.6 Å². The van der Waals surface area contributed by atoms with Crippen LogP contribution in [0.3, 0.4) is 0 Å². The topological polar surface area (TPSA) is 101 Å². The highest BCUT2D eigenvalue weighted by molar-refractivity contribution is 7.90. The number of aliphatic hydroxyl groups excluding tert-OH is 2. The lowest BCUT2D eigenvalue weighted by Crippen LogP contribution is -2.23. The van der Waals surface area contributed by atoms with Gasteiger partial charge in [-0.25, -0.2) is 8.42 Å². The third-order valence-corrected chi connectivity index (χ3v) is 3.63. The van der Waals surface area contributed by atoms with E-state index in [0.717, 1.165) is 6.26 Å². The summed E-state index contributed by atoms with van der Waals surface area (Å²) in [6, 6.07) is 6.08. The first-order valence-electron chi connectivity index (χ1n) is 5.23. The van der Waals surface area contributed by atoms with Gasteiger partial charge in [-0.1, -0.05) is 18.2 Å². The molecule has 4 N–H and O–H groups in total. The molecule has 0 amide bonds. The number of rotatable bonds is 5. The highest BCUT2D eigenvalue weighted by Gasteiger charge is 2.23. The van der Waals surface area contributed by atoms with Crippen molar-refractivity contribution in [3.63, 3.8) is 0 Å². The van der Waals surface area contributed by atoms with Gasteiger partial charge >= 0.3 is 0 Å². The number of benzene rings is 1. The van der Waals surface area contributed by atoms with Crippen molar-refractivity contribution in [3.05, 3.63) is 29.8 Å². The molecule has 0 aliphatic rings. The van der Waals surface area contributed by atoms with E-state index in [1.54, 1.807) is 12.1 Å². The van der Waals surface area contributed by atoms with Crippen LogP contribution in [0.1, 0.15) is 18.1 Å². The molecule has 0 bridgehead atoms. The lowest BCUT2D eigenvalue weighted by molar-refractivity contribution is 0.0134. The predicted octanol–water partition coefficient (Wildman–Crippen LogP) is -0.167. The fourth-order valence-electron chi connectivity index (χ4n) is 1.60. The van der Waals surface area contributed by atoms with Gasteiger partial charge in [0.1, 0.15) is 6.10 Å². The molecule has 96 valence electrons. The van der Waals surface area contributed by atoms with Gasteiger partial charge in [0.05, 0.1) is 11.0 Å². The van der Waals surface area contributed by atoms with Crippen LogP contribution in [0.25, 0.3) is 0 Å². The summed E-state index contributed by atoms with van der Waals surface area (Å²) in [7, 11) is -3.43. The van der Waals surface area contributed by atoms with Gasteiger partial charge in [-0.3, -0.25) is 0 Å². The Hall–Kier alpha value is -0.950. The van der Waals surface area contributed by atoms with E-state index in [4.69, 9.17) is 5.73 Å². The Morgan fingerprint density at radius 1 is 1.29 bits per heavy atom. The maximum absolute atomic E-state index is 11.5. The van der Waals surface area contributed by atoms with Crippen LogP contribution in [0.4, 0.5) is 0 Å². The zero-order valence-electron chi connectivity index (χ0n) is 9.57. The molecule has 5 nitrogen and oxygen atoms in total. The molecule has 0 aliphatic carbocycles. The van der Waals surface area contributed by atoms with Gasteiger partial charge in [-0.05, 0) is 19.0 Å². The van der Waals surface area contributed by atoms with Crippen LogP contribution < -0.4 is 5.73 Å². The molecule has 0 radical (unpaired) electrons. The molecule has 2 atom stereocenters. The Morgan fingerprint density at radius 3 is 2.41 bits per heavy atom. The minimum absolute atomic E-state index is 0.0311. The molecular formula is C11H17NO4S. The van der Waals surface area contributed by atoms with Crippen molar-refractivity contribution in [2.24, 2.45) is 5.73 Å². The SMILES string of the molecule is CS(=O)(=O)c1ccccc1C(O)C(O)CCN. The maximum Gasteiger partial charge on any atom is 0.175 e. The first kappa shape index (κ1) is 14.1. The monoisotopic (exact) mass is 259 g/mol. The maximum atomic E-state index is 11.5. The van der Waals surface area contributed by atoms with Crippen LogP contribution in [-0.2, 0) is 9.84 Å². The summed E-state index contributed by atoms with van der Waals surface area (Å²) in [4.78, 5) is 0.0311. The number of hydrogen-bond donors (Lipinski definition) is 3. The van der Waals surface area contributed by atoms with Gasteiger partial charge in [0.15, 0.2) is 9.84 Å². The molecular weight excluding hydrogens is 242 g/mol. The molecule has 2 unspecified atom stereocenters. The second kappa shape index (κ2) is 5.59. The van der Waals surface area contributed by atoms with Crippen LogP contribution in [0.2, 0.25) is 0 Å². The summed E-state index contributed by atoms with van der Waals surface area (Å²) in [5.41, 5.74) is 5.48. The van der Waals surface area contributed by atoms with Gasteiger partial charge in [0.25, 0.3) is 0 Å². The molecule has 0 saturated heterocycles. The smallest absolute Gasteiger partial charge is 0.175 e. The summed E-state index contributed by atoms with van der Waals surface area (Å²) in [6.07, 6.45) is -1.04. The van der Waals surface area contributed by atoms with Gasteiger partial charge < -0.3 is 15.9 Å². The minimum atomic E-state index is -3.43. The van der Waals surface area contributed by atoms with Crippen LogP contribution in [-0.4, -0.2) is 37.5 Å². The van der Waals surface area contributed by atoms with E-state index in [9.17, 15) is 18.6 Å². The molecule has 0 fully saturated rings. The molecule has 0 aromatic heterocycles. The Labute approximate surface area is 101 Å². The van der Waals surface area contributed by atoms with Gasteiger partial charge in [0.2, 0.25) is 0 Å². The molecule has 0 aliphatic heterocycles. The highest BCUT2D eigenvalue weighted by Crippen LogP contribution is 2.25. The van der Waals surface area contributed by atoms with Gasteiger partial charge in [-0.15, -0.1) is 0 Å². The Kier molecular flexibility index (Phi) is 4.64. The van der Waals surface area contributed by atoms with E-state index in [-0.39, 0.29) is 23.4 Å². The number of hydrogen-bond acceptors (Lipinski definition) is 5. The van der Waals surface area contributed by atoms with E-state index in [2.05, 4.69) is 0 Å². The van der Waals surface area contributed by atoms with Crippen molar-refractivity contribution in [3.8, 4) is 0 Å². The molecule has 1 aromatic rings. The van der Waals surface area contributed by atoms with E-state index < -0.39 is 22.0 Å². The number of aliphatic hydroxyl groups is 2. The molecule has 17 heavy (non-hydrogen) atoms. The first-order chi connectivity index (χ1) is 7.88. The van der Waals surface area contributed by atoms with E-state index >= 15 is 0 Å². The molecule has 0 spiro atoms. The molecule has 1 rings (SSSR count). The average Bonchev–Trinajstić information content (AvgIpc) is 2.27. The van der Waals surface area contributed by atoms with Crippen molar-refractivity contribution >= 4 is 9.84 Å². The van der Waals surface area contributed by atoms with Crippen LogP contribution in [0, 0.1) is 0 Å². The molecule has 0 saturated carbocycles. The zero-order chi connectivity index (χ0) is 13.1. The molecule has 1 aromatic carbocycles. The normalized spacial score (nSPS) is 15.5. The fourth-order valence-corrected chi connectivity index (χ4v) is 2.54. The van der Waals surface area contributed by atoms with Crippen molar-refractivity contribution in [1.29, 1.82) is 0 Å². The van der Waals surface area contributed by atoms with Gasteiger partial charge in [0, 0.05) is 11.8 Å². The van der Waals surface area contributed by atoms with Crippen molar-refractivity contribution in [2.75, 3.05) is 12.8 Å². The second-order valence-electron chi connectivity index (χ2n) is 3.90. The Morgan fingerprint density at radius 2 is 1.88 bits per heavy atom. The summed E-state index contributed by atoms with van der Waals surface area (Å²) in [6.45, 7) is 0.221. The predicted molar refractivity (Wildman–Crippen MR) is 64.2 cm³/mol. The fraction of sp³-hybridized carbons (Fsp3) is 0.455. The van der Waals surface area contributed by atoms with Gasteiger partial charge in [-0.2, -0.15) is 0 Å². The van der Waals surface area contributed by atoms with E-state index in [1.165, 1.54) is 12.1 Å². The van der Waals surface area contributed by atoms with Crippen molar-refractivity contribution in [2.45, 2.75) is 23.5 Å². The van der Waals surface area contributed by atoms with Crippen LogP contribution in [0.15, 0.2) is 29.2 Å². The number of sulfone groups is 1. The third kappa shape index (κ3) is 3.50. The average molecular weight is 259 g/mol. The summed E-state index contributed by atoms with van der Waals surface area (Å²) in [5, 5.41) is 19.5. The molecule has 6 heteroatoms. The number of nitrogens with two attached hydrogens (primary N) is 1. The van der Waals surface area contributed by atoms with Crippen LogP contribution in [0.5, 0.6) is 0 Å².